The van der Waals surface area contributed by atoms with E-state index in [2.05, 4.69) is 12.2 Å². The summed E-state index contributed by atoms with van der Waals surface area (Å²) in [5, 5.41) is 2.54. The molecule has 2 atom stereocenters. The third-order valence-electron chi connectivity index (χ3n) is 4.84. The molecule has 0 saturated carbocycles. The summed E-state index contributed by atoms with van der Waals surface area (Å²) in [7, 11) is -3.58. The predicted molar refractivity (Wildman–Crippen MR) is 102 cm³/mol. The number of rotatable bonds is 4. The van der Waals surface area contributed by atoms with Gasteiger partial charge < -0.3 is 10.2 Å². The molecule has 1 N–H and O–H groups in total. The lowest BCUT2D eigenvalue weighted by atomic mass is 10.0. The van der Waals surface area contributed by atoms with Crippen LogP contribution >= 0.6 is 11.8 Å². The van der Waals surface area contributed by atoms with E-state index in [9.17, 15) is 18.0 Å². The normalized spacial score (nSPS) is 23.3. The van der Waals surface area contributed by atoms with Gasteiger partial charge >= 0.3 is 0 Å². The SMILES string of the molecule is C[C@H]1CCCN(C(=O)CCS(=O)(=O)c2ccc3c(c2)NC(=O)[C@@H](C)S3)C1. The summed E-state index contributed by atoms with van der Waals surface area (Å²) >= 11 is 1.41. The van der Waals surface area contributed by atoms with Crippen molar-refractivity contribution in [2.24, 2.45) is 5.92 Å². The van der Waals surface area contributed by atoms with E-state index in [0.717, 1.165) is 17.7 Å². The van der Waals surface area contributed by atoms with Gasteiger partial charge in [-0.1, -0.05) is 6.92 Å². The highest BCUT2D eigenvalue weighted by Gasteiger charge is 2.26. The maximum atomic E-state index is 12.6. The molecule has 3 rings (SSSR count). The van der Waals surface area contributed by atoms with Crippen LogP contribution in [0.4, 0.5) is 5.69 Å². The van der Waals surface area contributed by atoms with Crippen LogP contribution in [0.25, 0.3) is 0 Å². The Labute approximate surface area is 158 Å². The van der Waals surface area contributed by atoms with Crippen molar-refractivity contribution in [3.8, 4) is 0 Å². The minimum atomic E-state index is -3.58. The quantitative estimate of drug-likeness (QED) is 0.846. The zero-order chi connectivity index (χ0) is 18.9. The van der Waals surface area contributed by atoms with Crippen LogP contribution in [-0.4, -0.2) is 49.2 Å². The van der Waals surface area contributed by atoms with E-state index in [1.807, 2.05) is 0 Å². The largest absolute Gasteiger partial charge is 0.342 e. The number of benzene rings is 1. The van der Waals surface area contributed by atoms with Crippen molar-refractivity contribution >= 4 is 39.1 Å². The van der Waals surface area contributed by atoms with Gasteiger partial charge in [-0.2, -0.15) is 0 Å². The molecule has 0 unspecified atom stereocenters. The van der Waals surface area contributed by atoms with Gasteiger partial charge in [0.05, 0.1) is 21.6 Å². The number of thioether (sulfide) groups is 1. The van der Waals surface area contributed by atoms with Crippen LogP contribution in [0.1, 0.15) is 33.1 Å². The number of hydrogen-bond acceptors (Lipinski definition) is 5. The standard InChI is InChI=1S/C18H24N2O4S2/c1-12-4-3-8-20(11-12)17(21)7-9-26(23,24)14-5-6-16-15(10-14)19-18(22)13(2)25-16/h5-6,10,12-13H,3-4,7-9,11H2,1-2H3,(H,19,22)/t12-,13+/m0/s1. The van der Waals surface area contributed by atoms with Gasteiger partial charge in [-0.05, 0) is 43.9 Å². The molecule has 2 aliphatic heterocycles. The zero-order valence-corrected chi connectivity index (χ0v) is 16.7. The van der Waals surface area contributed by atoms with Gasteiger partial charge in [-0.3, -0.25) is 9.59 Å². The van der Waals surface area contributed by atoms with Crippen LogP contribution in [0.3, 0.4) is 0 Å². The highest BCUT2D eigenvalue weighted by molar-refractivity contribution is 8.01. The molecule has 6 nitrogen and oxygen atoms in total. The van der Waals surface area contributed by atoms with Crippen LogP contribution in [-0.2, 0) is 19.4 Å². The zero-order valence-electron chi connectivity index (χ0n) is 15.0. The van der Waals surface area contributed by atoms with Crippen molar-refractivity contribution in [1.29, 1.82) is 0 Å². The van der Waals surface area contributed by atoms with Crippen molar-refractivity contribution in [2.75, 3.05) is 24.2 Å². The first-order valence-corrected chi connectivity index (χ1v) is 11.4. The Morgan fingerprint density at radius 3 is 2.85 bits per heavy atom. The summed E-state index contributed by atoms with van der Waals surface area (Å²) in [6.07, 6.45) is 2.07. The summed E-state index contributed by atoms with van der Waals surface area (Å²) in [5.41, 5.74) is 0.523. The molecule has 2 amide bonds. The van der Waals surface area contributed by atoms with E-state index in [0.29, 0.717) is 24.7 Å². The minimum Gasteiger partial charge on any atom is -0.342 e. The second-order valence-electron chi connectivity index (χ2n) is 7.06. The first-order chi connectivity index (χ1) is 12.3. The van der Waals surface area contributed by atoms with E-state index in [-0.39, 0.29) is 34.1 Å². The highest BCUT2D eigenvalue weighted by atomic mass is 32.2. The van der Waals surface area contributed by atoms with E-state index in [4.69, 9.17) is 0 Å². The molecule has 0 spiro atoms. The third-order valence-corrected chi connectivity index (χ3v) is 7.73. The number of carbonyl (C=O) groups is 2. The van der Waals surface area contributed by atoms with E-state index >= 15 is 0 Å². The number of sulfone groups is 1. The lowest BCUT2D eigenvalue weighted by Crippen LogP contribution is -2.39. The summed E-state index contributed by atoms with van der Waals surface area (Å²) in [5.74, 6) is 0.0168. The molecule has 0 aliphatic carbocycles. The number of likely N-dealkylation sites (tertiary alicyclic amines) is 1. The molecule has 1 aromatic rings. The van der Waals surface area contributed by atoms with Gasteiger partial charge in [0, 0.05) is 24.4 Å². The maximum absolute atomic E-state index is 12.6. The lowest BCUT2D eigenvalue weighted by Gasteiger charge is -2.31. The van der Waals surface area contributed by atoms with Gasteiger partial charge in [-0.25, -0.2) is 8.42 Å². The van der Waals surface area contributed by atoms with Crippen molar-refractivity contribution in [3.05, 3.63) is 18.2 Å². The molecule has 1 saturated heterocycles. The minimum absolute atomic E-state index is 0.00964. The fourth-order valence-corrected chi connectivity index (χ4v) is 5.48. The average Bonchev–Trinajstić information content (AvgIpc) is 2.60. The fraction of sp³-hybridized carbons (Fsp3) is 0.556. The van der Waals surface area contributed by atoms with Gasteiger partial charge in [0.25, 0.3) is 0 Å². The van der Waals surface area contributed by atoms with Gasteiger partial charge in [0.1, 0.15) is 0 Å². The predicted octanol–water partition coefficient (Wildman–Crippen LogP) is 2.54. The van der Waals surface area contributed by atoms with Crippen LogP contribution in [0.2, 0.25) is 0 Å². The first-order valence-electron chi connectivity index (χ1n) is 8.88. The van der Waals surface area contributed by atoms with E-state index in [1.54, 1.807) is 24.0 Å². The topological polar surface area (TPSA) is 83.6 Å². The number of hydrogen-bond donors (Lipinski definition) is 1. The molecule has 142 valence electrons. The average molecular weight is 397 g/mol. The number of amides is 2. The molecule has 8 heteroatoms. The van der Waals surface area contributed by atoms with Crippen LogP contribution in [0.5, 0.6) is 0 Å². The molecule has 0 aromatic heterocycles. The Kier molecular flexibility index (Phi) is 5.62. The molecular weight excluding hydrogens is 372 g/mol. The number of nitrogens with one attached hydrogen (secondary N) is 1. The summed E-state index contributed by atoms with van der Waals surface area (Å²) in [6, 6.07) is 4.77. The second-order valence-corrected chi connectivity index (χ2v) is 10.6. The Hall–Kier alpha value is -1.54. The number of nitrogens with zero attached hydrogens (tertiary/aromatic N) is 1. The Balaban J connectivity index is 1.68. The van der Waals surface area contributed by atoms with Crippen LogP contribution < -0.4 is 5.32 Å². The molecule has 1 fully saturated rings. The molecule has 26 heavy (non-hydrogen) atoms. The van der Waals surface area contributed by atoms with Gasteiger partial charge in [0.15, 0.2) is 9.84 Å². The lowest BCUT2D eigenvalue weighted by molar-refractivity contribution is -0.132. The molecule has 2 aliphatic rings. The van der Waals surface area contributed by atoms with E-state index < -0.39 is 9.84 Å². The van der Waals surface area contributed by atoms with Crippen LogP contribution in [0, 0.1) is 5.92 Å². The second kappa shape index (κ2) is 7.60. The highest BCUT2D eigenvalue weighted by Crippen LogP contribution is 2.36. The Morgan fingerprint density at radius 1 is 1.35 bits per heavy atom. The van der Waals surface area contributed by atoms with Crippen molar-refractivity contribution in [2.45, 2.75) is 48.2 Å². The van der Waals surface area contributed by atoms with Gasteiger partial charge in [0.2, 0.25) is 11.8 Å². The molecule has 0 radical (unpaired) electrons. The monoisotopic (exact) mass is 396 g/mol. The number of fused-ring (bicyclic) bond motifs is 1. The molecule has 2 heterocycles. The molecule has 0 bridgehead atoms. The van der Waals surface area contributed by atoms with Crippen molar-refractivity contribution in [3.63, 3.8) is 0 Å². The molecular formula is C18H24N2O4S2. The summed E-state index contributed by atoms with van der Waals surface area (Å²) in [4.78, 5) is 26.9. The number of piperidine rings is 1. The summed E-state index contributed by atoms with van der Waals surface area (Å²) in [6.45, 7) is 5.33. The maximum Gasteiger partial charge on any atom is 0.237 e. The third kappa shape index (κ3) is 4.23. The van der Waals surface area contributed by atoms with Crippen molar-refractivity contribution in [1.82, 2.24) is 4.90 Å². The van der Waals surface area contributed by atoms with E-state index in [1.165, 1.54) is 17.8 Å². The summed E-state index contributed by atoms with van der Waals surface area (Å²) < 4.78 is 25.3. The number of carbonyl (C=O) groups excluding carboxylic acids is 2. The van der Waals surface area contributed by atoms with Crippen LogP contribution in [0.15, 0.2) is 28.0 Å². The van der Waals surface area contributed by atoms with Crippen molar-refractivity contribution < 1.29 is 18.0 Å². The first kappa shape index (κ1) is 19.2. The fourth-order valence-electron chi connectivity index (χ4n) is 3.29. The van der Waals surface area contributed by atoms with Gasteiger partial charge in [-0.15, -0.1) is 11.8 Å². The Morgan fingerprint density at radius 2 is 2.12 bits per heavy atom. The number of anilines is 1. The molecule has 1 aromatic carbocycles. The smallest absolute Gasteiger partial charge is 0.237 e. The Bertz CT molecular complexity index is 822.